The van der Waals surface area contributed by atoms with Gasteiger partial charge in [0.05, 0.1) is 11.7 Å². The van der Waals surface area contributed by atoms with E-state index in [2.05, 4.69) is 45.6 Å². The van der Waals surface area contributed by atoms with Crippen LogP contribution in [0.4, 0.5) is 10.5 Å². The zero-order valence-electron chi connectivity index (χ0n) is 14.6. The summed E-state index contributed by atoms with van der Waals surface area (Å²) in [6.45, 7) is 10.6. The topological polar surface area (TPSA) is 50.4 Å². The summed E-state index contributed by atoms with van der Waals surface area (Å²) in [6.07, 6.45) is 2.21. The lowest BCUT2D eigenvalue weighted by molar-refractivity contribution is 0.0508. The molecule has 0 radical (unpaired) electrons. The van der Waals surface area contributed by atoms with E-state index in [1.165, 1.54) is 12.8 Å². The van der Waals surface area contributed by atoms with Crippen LogP contribution in [0.15, 0.2) is 16.6 Å². The van der Waals surface area contributed by atoms with E-state index < -0.39 is 11.7 Å². The lowest BCUT2D eigenvalue weighted by atomic mass is 10.0. The molecule has 5 heteroatoms. The summed E-state index contributed by atoms with van der Waals surface area (Å²) in [5.41, 5.74) is 2.79. The van der Waals surface area contributed by atoms with Crippen molar-refractivity contribution in [2.75, 3.05) is 11.9 Å². The standard InChI is InChI=1S/C18H27BrN2O2/c1-11-8-14(12(2)21-17(22)23-18(3,4)5)16(15(19)9-11)20-10-13-6-7-13/h8-9,12-13,20H,6-7,10H2,1-5H3,(H,21,22)/t12-/m1/s1. The van der Waals surface area contributed by atoms with Crippen molar-refractivity contribution in [3.05, 3.63) is 27.7 Å². The van der Waals surface area contributed by atoms with Crippen molar-refractivity contribution in [3.63, 3.8) is 0 Å². The van der Waals surface area contributed by atoms with Crippen molar-refractivity contribution in [2.45, 2.75) is 59.1 Å². The largest absolute Gasteiger partial charge is 0.444 e. The van der Waals surface area contributed by atoms with Crippen LogP contribution >= 0.6 is 15.9 Å². The maximum absolute atomic E-state index is 12.0. The smallest absolute Gasteiger partial charge is 0.408 e. The van der Waals surface area contributed by atoms with Gasteiger partial charge in [0.25, 0.3) is 0 Å². The van der Waals surface area contributed by atoms with Gasteiger partial charge in [-0.15, -0.1) is 0 Å². The maximum Gasteiger partial charge on any atom is 0.408 e. The Balaban J connectivity index is 2.13. The van der Waals surface area contributed by atoms with Crippen LogP contribution in [0.25, 0.3) is 0 Å². The Morgan fingerprint density at radius 1 is 1.39 bits per heavy atom. The van der Waals surface area contributed by atoms with Gasteiger partial charge in [-0.25, -0.2) is 4.79 Å². The summed E-state index contributed by atoms with van der Waals surface area (Å²) < 4.78 is 6.39. The van der Waals surface area contributed by atoms with Crippen LogP contribution in [0.2, 0.25) is 0 Å². The molecule has 0 aliphatic heterocycles. The van der Waals surface area contributed by atoms with Crippen molar-refractivity contribution in [1.82, 2.24) is 5.32 Å². The van der Waals surface area contributed by atoms with E-state index in [-0.39, 0.29) is 6.04 Å². The molecule has 1 aliphatic carbocycles. The van der Waals surface area contributed by atoms with Gasteiger partial charge >= 0.3 is 6.09 Å². The number of carbonyl (C=O) groups is 1. The Bertz CT molecular complexity index is 577. The van der Waals surface area contributed by atoms with E-state index in [9.17, 15) is 4.79 Å². The van der Waals surface area contributed by atoms with Crippen LogP contribution in [0, 0.1) is 12.8 Å². The monoisotopic (exact) mass is 382 g/mol. The number of anilines is 1. The van der Waals surface area contributed by atoms with E-state index in [0.717, 1.165) is 33.7 Å². The molecule has 1 saturated carbocycles. The summed E-state index contributed by atoms with van der Waals surface area (Å²) in [5, 5.41) is 6.46. The predicted octanol–water partition coefficient (Wildman–Crippen LogP) is 5.17. The number of hydrogen-bond donors (Lipinski definition) is 2. The minimum atomic E-state index is -0.496. The summed E-state index contributed by atoms with van der Waals surface area (Å²) in [6, 6.07) is 4.07. The van der Waals surface area contributed by atoms with E-state index in [1.807, 2.05) is 27.7 Å². The Labute approximate surface area is 147 Å². The molecule has 1 aromatic rings. The van der Waals surface area contributed by atoms with Crippen molar-refractivity contribution in [3.8, 4) is 0 Å². The highest BCUT2D eigenvalue weighted by molar-refractivity contribution is 9.10. The number of amides is 1. The molecule has 2 N–H and O–H groups in total. The van der Waals surface area contributed by atoms with Gasteiger partial charge in [0.1, 0.15) is 5.60 Å². The van der Waals surface area contributed by atoms with Crippen molar-refractivity contribution in [1.29, 1.82) is 0 Å². The number of benzene rings is 1. The fourth-order valence-corrected chi connectivity index (χ4v) is 3.16. The van der Waals surface area contributed by atoms with Crippen LogP contribution in [0.3, 0.4) is 0 Å². The maximum atomic E-state index is 12.0. The molecule has 0 spiro atoms. The van der Waals surface area contributed by atoms with Crippen molar-refractivity contribution < 1.29 is 9.53 Å². The Morgan fingerprint density at radius 3 is 2.61 bits per heavy atom. The Hall–Kier alpha value is -1.23. The molecular weight excluding hydrogens is 356 g/mol. The zero-order valence-corrected chi connectivity index (χ0v) is 16.2. The number of alkyl carbamates (subject to hydrolysis) is 1. The molecule has 23 heavy (non-hydrogen) atoms. The number of aryl methyl sites for hydroxylation is 1. The SMILES string of the molecule is Cc1cc(Br)c(NCC2CC2)c([C@@H](C)NC(=O)OC(C)(C)C)c1. The van der Waals surface area contributed by atoms with Crippen LogP contribution in [-0.2, 0) is 4.74 Å². The van der Waals surface area contributed by atoms with Gasteiger partial charge in [-0.3, -0.25) is 0 Å². The zero-order chi connectivity index (χ0) is 17.2. The minimum absolute atomic E-state index is 0.136. The molecule has 1 aromatic carbocycles. The first-order valence-corrected chi connectivity index (χ1v) is 8.98. The third kappa shape index (κ3) is 5.72. The molecule has 1 atom stereocenters. The van der Waals surface area contributed by atoms with Crippen LogP contribution in [-0.4, -0.2) is 18.2 Å². The molecule has 4 nitrogen and oxygen atoms in total. The summed E-state index contributed by atoms with van der Waals surface area (Å²) >= 11 is 3.65. The van der Waals surface area contributed by atoms with E-state index >= 15 is 0 Å². The van der Waals surface area contributed by atoms with Gasteiger partial charge in [0.2, 0.25) is 0 Å². The third-order valence-corrected chi connectivity index (χ3v) is 4.35. The number of nitrogens with one attached hydrogen (secondary N) is 2. The molecule has 128 valence electrons. The Morgan fingerprint density at radius 2 is 2.04 bits per heavy atom. The average Bonchev–Trinajstić information content (AvgIpc) is 3.18. The first-order chi connectivity index (χ1) is 10.7. The number of ether oxygens (including phenoxy) is 1. The van der Waals surface area contributed by atoms with Gasteiger partial charge in [0, 0.05) is 11.0 Å². The average molecular weight is 383 g/mol. The summed E-state index contributed by atoms with van der Waals surface area (Å²) in [4.78, 5) is 12.0. The number of carbonyl (C=O) groups excluding carboxylic acids is 1. The molecular formula is C18H27BrN2O2. The molecule has 0 aromatic heterocycles. The van der Waals surface area contributed by atoms with Crippen LogP contribution in [0.5, 0.6) is 0 Å². The summed E-state index contributed by atoms with van der Waals surface area (Å²) in [7, 11) is 0. The first kappa shape index (κ1) is 18.1. The van der Waals surface area contributed by atoms with Crippen LogP contribution in [0.1, 0.15) is 57.7 Å². The molecule has 0 bridgehead atoms. The lowest BCUT2D eigenvalue weighted by Gasteiger charge is -2.24. The van der Waals surface area contributed by atoms with Gasteiger partial charge in [0.15, 0.2) is 0 Å². The predicted molar refractivity (Wildman–Crippen MR) is 97.9 cm³/mol. The minimum Gasteiger partial charge on any atom is -0.444 e. The normalized spacial score (nSPS) is 15.9. The third-order valence-electron chi connectivity index (χ3n) is 3.73. The fraction of sp³-hybridized carbons (Fsp3) is 0.611. The van der Waals surface area contributed by atoms with E-state index in [0.29, 0.717) is 0 Å². The second-order valence-electron chi connectivity index (χ2n) is 7.40. The van der Waals surface area contributed by atoms with Crippen LogP contribution < -0.4 is 10.6 Å². The molecule has 0 heterocycles. The van der Waals surface area contributed by atoms with Gasteiger partial charge < -0.3 is 15.4 Å². The highest BCUT2D eigenvalue weighted by Gasteiger charge is 2.24. The highest BCUT2D eigenvalue weighted by Crippen LogP contribution is 2.35. The molecule has 1 fully saturated rings. The number of rotatable bonds is 5. The van der Waals surface area contributed by atoms with Gasteiger partial charge in [-0.05, 0) is 86.5 Å². The van der Waals surface area contributed by atoms with Crippen molar-refractivity contribution >= 4 is 27.7 Å². The van der Waals surface area contributed by atoms with E-state index in [4.69, 9.17) is 4.74 Å². The van der Waals surface area contributed by atoms with Crippen molar-refractivity contribution in [2.24, 2.45) is 5.92 Å². The second-order valence-corrected chi connectivity index (χ2v) is 8.26. The summed E-state index contributed by atoms with van der Waals surface area (Å²) in [5.74, 6) is 0.783. The molecule has 2 rings (SSSR count). The van der Waals surface area contributed by atoms with Gasteiger partial charge in [-0.2, -0.15) is 0 Å². The quantitative estimate of drug-likeness (QED) is 0.738. The number of hydrogen-bond acceptors (Lipinski definition) is 3. The first-order valence-electron chi connectivity index (χ1n) is 8.19. The van der Waals surface area contributed by atoms with E-state index in [1.54, 1.807) is 0 Å². The Kier molecular flexibility index (Phi) is 5.61. The molecule has 1 aliphatic rings. The number of halogens is 1. The molecule has 1 amide bonds. The second kappa shape index (κ2) is 7.12. The lowest BCUT2D eigenvalue weighted by Crippen LogP contribution is -2.34. The van der Waals surface area contributed by atoms with Gasteiger partial charge in [-0.1, -0.05) is 6.07 Å². The molecule has 0 saturated heterocycles. The molecule has 0 unspecified atom stereocenters. The fourth-order valence-electron chi connectivity index (χ4n) is 2.43. The highest BCUT2D eigenvalue weighted by atomic mass is 79.9.